The van der Waals surface area contributed by atoms with Crippen LogP contribution in [0.15, 0.2) is 29.8 Å². The maximum Gasteiger partial charge on any atom is -0.0225 e. The zero-order chi connectivity index (χ0) is 8.39. The van der Waals surface area contributed by atoms with Crippen LogP contribution in [0.25, 0.3) is 6.08 Å². The molecule has 1 radical (unpaired) electrons. The third-order valence-electron chi connectivity index (χ3n) is 2.45. The summed E-state index contributed by atoms with van der Waals surface area (Å²) in [7, 11) is 0. The van der Waals surface area contributed by atoms with Crippen molar-refractivity contribution in [2.24, 2.45) is 0 Å². The maximum atomic E-state index is 3.91. The van der Waals surface area contributed by atoms with Crippen LogP contribution in [0.2, 0.25) is 0 Å². The van der Waals surface area contributed by atoms with Gasteiger partial charge in [0.05, 0.1) is 0 Å². The van der Waals surface area contributed by atoms with Gasteiger partial charge >= 0.3 is 0 Å². The van der Waals surface area contributed by atoms with Gasteiger partial charge in [0.15, 0.2) is 0 Å². The molecule has 1 aromatic carbocycles. The van der Waals surface area contributed by atoms with E-state index in [1.54, 1.807) is 0 Å². The minimum absolute atomic E-state index is 0.953. The molecule has 0 saturated carbocycles. The van der Waals surface area contributed by atoms with Crippen LogP contribution in [0.4, 0.5) is 0 Å². The summed E-state index contributed by atoms with van der Waals surface area (Å²) >= 11 is 0. The highest BCUT2D eigenvalue weighted by Crippen LogP contribution is 2.24. The molecule has 0 nitrogen and oxygen atoms in total. The molecule has 0 atom stereocenters. The minimum Gasteiger partial charge on any atom is -0.0693 e. The van der Waals surface area contributed by atoms with Crippen molar-refractivity contribution in [1.82, 2.24) is 0 Å². The van der Waals surface area contributed by atoms with Gasteiger partial charge in [0.2, 0.25) is 0 Å². The number of aryl methyl sites for hydroxylation is 1. The highest BCUT2D eigenvalue weighted by molar-refractivity contribution is 5.59. The molecule has 0 fully saturated rings. The monoisotopic (exact) mass is 157 g/mol. The Morgan fingerprint density at radius 3 is 2.83 bits per heavy atom. The van der Waals surface area contributed by atoms with Crippen LogP contribution >= 0.6 is 0 Å². The van der Waals surface area contributed by atoms with E-state index in [0.29, 0.717) is 0 Å². The molecule has 2 rings (SSSR count). The van der Waals surface area contributed by atoms with Crippen molar-refractivity contribution in [2.45, 2.75) is 19.3 Å². The second kappa shape index (κ2) is 3.14. The predicted molar refractivity (Wildman–Crippen MR) is 52.7 cm³/mol. The van der Waals surface area contributed by atoms with Crippen LogP contribution in [0.5, 0.6) is 0 Å². The fourth-order valence-electron chi connectivity index (χ4n) is 1.69. The summed E-state index contributed by atoms with van der Waals surface area (Å²) in [4.78, 5) is 0. The van der Waals surface area contributed by atoms with E-state index in [-0.39, 0.29) is 0 Å². The van der Waals surface area contributed by atoms with Gasteiger partial charge in [-0.1, -0.05) is 35.9 Å². The number of allylic oxidation sites excluding steroid dienone is 1. The molecular formula is C12H13. The molecule has 0 aromatic heterocycles. The second-order valence-corrected chi connectivity index (χ2v) is 3.25. The number of hydrogen-bond donors (Lipinski definition) is 0. The molecule has 1 aliphatic carbocycles. The van der Waals surface area contributed by atoms with E-state index >= 15 is 0 Å². The predicted octanol–water partition coefficient (Wildman–Crippen LogP) is 3.24. The van der Waals surface area contributed by atoms with Crippen molar-refractivity contribution in [3.8, 4) is 0 Å². The number of benzene rings is 1. The first-order valence-electron chi connectivity index (χ1n) is 4.47. The Morgan fingerprint density at radius 1 is 1.17 bits per heavy atom. The minimum atomic E-state index is 0.953. The lowest BCUT2D eigenvalue weighted by atomic mass is 9.91. The summed E-state index contributed by atoms with van der Waals surface area (Å²) in [5.74, 6) is 0. The third kappa shape index (κ3) is 1.29. The van der Waals surface area contributed by atoms with Crippen molar-refractivity contribution < 1.29 is 0 Å². The SMILES string of the molecule is [CH2]CC1=Cc2ccccc2CC1. The molecule has 0 bridgehead atoms. The molecule has 0 unspecified atom stereocenters. The Hall–Kier alpha value is -1.04. The normalized spacial score (nSPS) is 15.2. The van der Waals surface area contributed by atoms with Gasteiger partial charge in [0, 0.05) is 0 Å². The molecule has 61 valence electrons. The van der Waals surface area contributed by atoms with Crippen molar-refractivity contribution in [3.63, 3.8) is 0 Å². The number of hydrogen-bond acceptors (Lipinski definition) is 0. The molecule has 0 saturated heterocycles. The summed E-state index contributed by atoms with van der Waals surface area (Å²) < 4.78 is 0. The van der Waals surface area contributed by atoms with E-state index in [0.717, 1.165) is 6.42 Å². The van der Waals surface area contributed by atoms with Gasteiger partial charge in [-0.3, -0.25) is 0 Å². The molecule has 1 aliphatic rings. The van der Waals surface area contributed by atoms with Gasteiger partial charge in [-0.25, -0.2) is 0 Å². The summed E-state index contributed by atoms with van der Waals surface area (Å²) in [5.41, 5.74) is 4.35. The lowest BCUT2D eigenvalue weighted by Crippen LogP contribution is -1.97. The summed E-state index contributed by atoms with van der Waals surface area (Å²) in [6.45, 7) is 3.91. The summed E-state index contributed by atoms with van der Waals surface area (Å²) in [5, 5.41) is 0. The van der Waals surface area contributed by atoms with Gasteiger partial charge in [0.1, 0.15) is 0 Å². The highest BCUT2D eigenvalue weighted by atomic mass is 14.1. The zero-order valence-electron chi connectivity index (χ0n) is 7.22. The largest absolute Gasteiger partial charge is 0.0693 e. The van der Waals surface area contributed by atoms with Crippen LogP contribution < -0.4 is 0 Å². The van der Waals surface area contributed by atoms with Crippen LogP contribution in [0.1, 0.15) is 24.0 Å². The molecule has 0 heterocycles. The summed E-state index contributed by atoms with van der Waals surface area (Å²) in [6.07, 6.45) is 5.62. The third-order valence-corrected chi connectivity index (χ3v) is 2.45. The van der Waals surface area contributed by atoms with E-state index in [9.17, 15) is 0 Å². The van der Waals surface area contributed by atoms with Crippen LogP contribution in [-0.2, 0) is 6.42 Å². The van der Waals surface area contributed by atoms with Crippen LogP contribution in [0.3, 0.4) is 0 Å². The Kier molecular flexibility index (Phi) is 1.99. The molecule has 0 aliphatic heterocycles. The van der Waals surface area contributed by atoms with Gasteiger partial charge in [-0.2, -0.15) is 0 Å². The molecular weight excluding hydrogens is 144 g/mol. The number of fused-ring (bicyclic) bond motifs is 1. The molecule has 0 heteroatoms. The smallest absolute Gasteiger partial charge is 0.0225 e. The Morgan fingerprint density at radius 2 is 2.00 bits per heavy atom. The van der Waals surface area contributed by atoms with Crippen LogP contribution in [-0.4, -0.2) is 0 Å². The fourth-order valence-corrected chi connectivity index (χ4v) is 1.69. The van der Waals surface area contributed by atoms with Gasteiger partial charge in [-0.15, -0.1) is 0 Å². The average molecular weight is 157 g/mol. The average Bonchev–Trinajstić information content (AvgIpc) is 2.17. The topological polar surface area (TPSA) is 0 Å². The second-order valence-electron chi connectivity index (χ2n) is 3.25. The molecule has 0 amide bonds. The lowest BCUT2D eigenvalue weighted by molar-refractivity contribution is 0.898. The molecule has 0 spiro atoms. The molecule has 0 N–H and O–H groups in total. The highest BCUT2D eigenvalue weighted by Gasteiger charge is 2.07. The number of rotatable bonds is 1. The Labute approximate surface area is 73.9 Å². The standard InChI is InChI=1S/C12H13/c1-2-10-7-8-11-5-3-4-6-12(11)9-10/h3-6,9H,1-2,7-8H2. The first-order valence-corrected chi connectivity index (χ1v) is 4.47. The van der Waals surface area contributed by atoms with Gasteiger partial charge in [-0.05, 0) is 37.3 Å². The van der Waals surface area contributed by atoms with Crippen molar-refractivity contribution in [2.75, 3.05) is 0 Å². The van der Waals surface area contributed by atoms with E-state index < -0.39 is 0 Å². The van der Waals surface area contributed by atoms with E-state index in [2.05, 4.69) is 37.3 Å². The van der Waals surface area contributed by atoms with E-state index in [1.807, 2.05) is 0 Å². The maximum absolute atomic E-state index is 3.91. The van der Waals surface area contributed by atoms with E-state index in [4.69, 9.17) is 0 Å². The van der Waals surface area contributed by atoms with Crippen molar-refractivity contribution in [1.29, 1.82) is 0 Å². The first kappa shape index (κ1) is 7.60. The van der Waals surface area contributed by atoms with Crippen molar-refractivity contribution >= 4 is 6.08 Å². The molecule has 12 heavy (non-hydrogen) atoms. The zero-order valence-corrected chi connectivity index (χ0v) is 7.22. The van der Waals surface area contributed by atoms with Gasteiger partial charge in [0.25, 0.3) is 0 Å². The Balaban J connectivity index is 2.41. The lowest BCUT2D eigenvalue weighted by Gasteiger charge is -2.14. The Bertz CT molecular complexity index is 308. The van der Waals surface area contributed by atoms with Gasteiger partial charge < -0.3 is 0 Å². The quantitative estimate of drug-likeness (QED) is 0.587. The molecule has 1 aromatic rings. The summed E-state index contributed by atoms with van der Waals surface area (Å²) in [6, 6.07) is 8.61. The van der Waals surface area contributed by atoms with Crippen LogP contribution in [0, 0.1) is 6.92 Å². The van der Waals surface area contributed by atoms with Crippen molar-refractivity contribution in [3.05, 3.63) is 47.9 Å². The van der Waals surface area contributed by atoms with E-state index in [1.165, 1.54) is 29.5 Å². The fraction of sp³-hybridized carbons (Fsp3) is 0.250. The first-order chi connectivity index (χ1) is 5.90.